The van der Waals surface area contributed by atoms with Crippen LogP contribution >= 0.6 is 0 Å². The Hall–Kier alpha value is -4.37. The van der Waals surface area contributed by atoms with Crippen molar-refractivity contribution in [3.05, 3.63) is 71.0 Å². The third kappa shape index (κ3) is 5.78. The first kappa shape index (κ1) is 26.7. The molecule has 12 heteroatoms. The lowest BCUT2D eigenvalue weighted by Gasteiger charge is -2.34. The van der Waals surface area contributed by atoms with E-state index in [2.05, 4.69) is 15.2 Å². The molecule has 0 bridgehead atoms. The number of alkyl halides is 3. The van der Waals surface area contributed by atoms with Crippen LogP contribution in [0.15, 0.2) is 48.7 Å². The summed E-state index contributed by atoms with van der Waals surface area (Å²) >= 11 is 0. The van der Waals surface area contributed by atoms with Crippen molar-refractivity contribution < 1.29 is 32.2 Å². The molecule has 2 heterocycles. The summed E-state index contributed by atoms with van der Waals surface area (Å²) in [4.78, 5) is 28.2. The maximum atomic E-state index is 13.5. The van der Waals surface area contributed by atoms with Gasteiger partial charge < -0.3 is 19.7 Å². The number of carbonyl (C=O) groups excluding carboxylic acids is 2. The average molecular weight is 528 g/mol. The van der Waals surface area contributed by atoms with Gasteiger partial charge in [-0.3, -0.25) is 14.3 Å². The summed E-state index contributed by atoms with van der Waals surface area (Å²) in [7, 11) is 1.44. The number of aromatic nitrogens is 2. The van der Waals surface area contributed by atoms with Gasteiger partial charge in [-0.2, -0.15) is 23.5 Å². The Morgan fingerprint density at radius 2 is 1.97 bits per heavy atom. The molecule has 0 radical (unpaired) electrons. The van der Waals surface area contributed by atoms with Gasteiger partial charge in [0.15, 0.2) is 0 Å². The maximum Gasteiger partial charge on any atom is 0.411 e. The zero-order chi connectivity index (χ0) is 27.4. The minimum atomic E-state index is -4.37. The molecule has 0 saturated carbocycles. The van der Waals surface area contributed by atoms with Crippen molar-refractivity contribution >= 4 is 23.2 Å². The Morgan fingerprint density at radius 3 is 2.63 bits per heavy atom. The van der Waals surface area contributed by atoms with Gasteiger partial charge in [-0.15, -0.1) is 0 Å². The van der Waals surface area contributed by atoms with E-state index in [9.17, 15) is 28.0 Å². The Morgan fingerprint density at radius 1 is 1.24 bits per heavy atom. The largest absolute Gasteiger partial charge is 0.495 e. The lowest BCUT2D eigenvalue weighted by molar-refractivity contribution is -0.173. The second-order valence-corrected chi connectivity index (χ2v) is 8.68. The van der Waals surface area contributed by atoms with Gasteiger partial charge in [0.25, 0.3) is 11.8 Å². The van der Waals surface area contributed by atoms with Crippen LogP contribution in [-0.4, -0.2) is 54.1 Å². The van der Waals surface area contributed by atoms with Crippen LogP contribution in [0.2, 0.25) is 0 Å². The topological polar surface area (TPSA) is 109 Å². The van der Waals surface area contributed by atoms with Gasteiger partial charge in [0.1, 0.15) is 24.1 Å². The molecular formula is C26H24F3N5O4. The molecule has 0 fully saturated rings. The van der Waals surface area contributed by atoms with E-state index in [1.54, 1.807) is 41.3 Å². The number of hydrogen-bond donors (Lipinski definition) is 1. The van der Waals surface area contributed by atoms with Crippen molar-refractivity contribution in [2.24, 2.45) is 0 Å². The number of fused-ring (bicyclic) bond motifs is 1. The minimum Gasteiger partial charge on any atom is -0.495 e. The molecule has 1 N–H and O–H groups in total. The Kier molecular flexibility index (Phi) is 7.68. The number of hydrogen-bond acceptors (Lipinski definition) is 6. The van der Waals surface area contributed by atoms with Crippen LogP contribution in [0.25, 0.3) is 0 Å². The van der Waals surface area contributed by atoms with Crippen LogP contribution in [0.5, 0.6) is 5.75 Å². The van der Waals surface area contributed by atoms with Crippen molar-refractivity contribution in [2.45, 2.75) is 32.1 Å². The van der Waals surface area contributed by atoms with E-state index in [0.29, 0.717) is 23.7 Å². The van der Waals surface area contributed by atoms with Gasteiger partial charge in [-0.05, 0) is 49.2 Å². The second kappa shape index (κ2) is 10.9. The number of nitrogens with one attached hydrogen (secondary N) is 1. The van der Waals surface area contributed by atoms with Crippen molar-refractivity contribution in [1.29, 1.82) is 5.26 Å². The Labute approximate surface area is 216 Å². The van der Waals surface area contributed by atoms with Gasteiger partial charge in [-0.1, -0.05) is 12.1 Å². The van der Waals surface area contributed by atoms with Crippen LogP contribution < -0.4 is 15.0 Å². The highest BCUT2D eigenvalue weighted by Crippen LogP contribution is 2.28. The highest BCUT2D eigenvalue weighted by atomic mass is 19.4. The highest BCUT2D eigenvalue weighted by molar-refractivity contribution is 6.15. The molecule has 9 nitrogen and oxygen atoms in total. The minimum absolute atomic E-state index is 0.0830. The molecule has 0 unspecified atom stereocenters. The molecule has 1 aliphatic heterocycles. The van der Waals surface area contributed by atoms with Crippen molar-refractivity contribution in [3.63, 3.8) is 0 Å². The SMILES string of the molecule is COc1ccc(NC(=O)c2cnn3c2C(=O)N(c2ccc(CCOCC(F)(F)F)cc2)[C@@H](C)C3)cc1C#N. The van der Waals surface area contributed by atoms with Crippen LogP contribution in [0.1, 0.15) is 38.9 Å². The summed E-state index contributed by atoms with van der Waals surface area (Å²) in [5.41, 5.74) is 2.15. The predicted molar refractivity (Wildman–Crippen MR) is 131 cm³/mol. The Bertz CT molecular complexity index is 1380. The number of amides is 2. The molecule has 198 valence electrons. The number of benzene rings is 2. The van der Waals surface area contributed by atoms with Gasteiger partial charge >= 0.3 is 6.18 Å². The molecule has 1 atom stereocenters. The zero-order valence-corrected chi connectivity index (χ0v) is 20.6. The normalized spacial score (nSPS) is 15.1. The summed E-state index contributed by atoms with van der Waals surface area (Å²) in [6, 6.07) is 13.2. The number of nitrogens with zero attached hydrogens (tertiary/aromatic N) is 4. The first-order valence-electron chi connectivity index (χ1n) is 11.6. The number of methoxy groups -OCH3 is 1. The zero-order valence-electron chi connectivity index (χ0n) is 20.6. The lowest BCUT2D eigenvalue weighted by Crippen LogP contribution is -2.47. The van der Waals surface area contributed by atoms with E-state index >= 15 is 0 Å². The highest BCUT2D eigenvalue weighted by Gasteiger charge is 2.36. The number of ether oxygens (including phenoxy) is 2. The molecule has 2 amide bonds. The monoisotopic (exact) mass is 527 g/mol. The predicted octanol–water partition coefficient (Wildman–Crippen LogP) is 4.19. The molecule has 1 aliphatic rings. The average Bonchev–Trinajstić information content (AvgIpc) is 3.31. The molecule has 0 spiro atoms. The molecule has 4 rings (SSSR count). The molecule has 1 aromatic heterocycles. The van der Waals surface area contributed by atoms with Crippen LogP contribution in [-0.2, 0) is 17.7 Å². The van der Waals surface area contributed by atoms with Gasteiger partial charge in [0.2, 0.25) is 0 Å². The first-order chi connectivity index (χ1) is 18.1. The standard InChI is InChI=1S/C26H24F3N5O4/c1-16-14-33-23(21(13-31-33)24(35)32-19-5-8-22(37-2)18(11-19)12-30)25(36)34(16)20-6-3-17(4-7-20)9-10-38-15-26(27,28)29/h3-8,11,13,16H,9-10,14-15H2,1-2H3,(H,32,35)/t16-/m0/s1. The fourth-order valence-electron chi connectivity index (χ4n) is 4.21. The van der Waals surface area contributed by atoms with Crippen molar-refractivity contribution in [3.8, 4) is 11.8 Å². The second-order valence-electron chi connectivity index (χ2n) is 8.68. The molecule has 2 aromatic carbocycles. The summed E-state index contributed by atoms with van der Waals surface area (Å²) in [6.07, 6.45) is -2.75. The third-order valence-electron chi connectivity index (χ3n) is 5.98. The third-order valence-corrected chi connectivity index (χ3v) is 5.98. The van der Waals surface area contributed by atoms with E-state index in [4.69, 9.17) is 4.74 Å². The van der Waals surface area contributed by atoms with E-state index in [0.717, 1.165) is 5.56 Å². The van der Waals surface area contributed by atoms with E-state index in [-0.39, 0.29) is 35.9 Å². The lowest BCUT2D eigenvalue weighted by atomic mass is 10.1. The van der Waals surface area contributed by atoms with Gasteiger partial charge in [-0.25, -0.2) is 0 Å². The fourth-order valence-corrected chi connectivity index (χ4v) is 4.21. The molecule has 38 heavy (non-hydrogen) atoms. The van der Waals surface area contributed by atoms with E-state index in [1.165, 1.54) is 24.1 Å². The first-order valence-corrected chi connectivity index (χ1v) is 11.6. The summed E-state index contributed by atoms with van der Waals surface area (Å²) < 4.78 is 48.0. The quantitative estimate of drug-likeness (QED) is 0.440. The summed E-state index contributed by atoms with van der Waals surface area (Å²) in [6.45, 7) is 0.816. The smallest absolute Gasteiger partial charge is 0.411 e. The number of halogens is 3. The Balaban J connectivity index is 1.49. The maximum absolute atomic E-state index is 13.5. The number of rotatable bonds is 8. The van der Waals surface area contributed by atoms with E-state index in [1.807, 2.05) is 13.0 Å². The van der Waals surface area contributed by atoms with Crippen LogP contribution in [0.4, 0.5) is 24.5 Å². The summed E-state index contributed by atoms with van der Waals surface area (Å²) in [5, 5.41) is 16.2. The fraction of sp³-hybridized carbons (Fsp3) is 0.308. The molecule has 0 saturated heterocycles. The van der Waals surface area contributed by atoms with Gasteiger partial charge in [0, 0.05) is 11.4 Å². The van der Waals surface area contributed by atoms with E-state index < -0.39 is 24.6 Å². The van der Waals surface area contributed by atoms with Crippen molar-refractivity contribution in [1.82, 2.24) is 9.78 Å². The molecule has 0 aliphatic carbocycles. The number of carbonyl (C=O) groups is 2. The summed E-state index contributed by atoms with van der Waals surface area (Å²) in [5.74, 6) is -0.606. The van der Waals surface area contributed by atoms with Crippen LogP contribution in [0, 0.1) is 11.3 Å². The number of anilines is 2. The molecular weight excluding hydrogens is 503 g/mol. The molecule has 3 aromatic rings. The van der Waals surface area contributed by atoms with Crippen molar-refractivity contribution in [2.75, 3.05) is 30.5 Å². The van der Waals surface area contributed by atoms with Crippen LogP contribution in [0.3, 0.4) is 0 Å². The van der Waals surface area contributed by atoms with Gasteiger partial charge in [0.05, 0.1) is 43.6 Å². The number of nitriles is 1.